The lowest BCUT2D eigenvalue weighted by molar-refractivity contribution is -0.389. The lowest BCUT2D eigenvalue weighted by Crippen LogP contribution is -2.61. The fraction of sp³-hybridized carbons (Fsp3) is 0.643. The highest BCUT2D eigenvalue weighted by atomic mass is 19.4. The Balaban J connectivity index is 5.54. The van der Waals surface area contributed by atoms with E-state index in [4.69, 9.17) is 0 Å². The first-order chi connectivity index (χ1) is 11.0. The number of carbonyl (C=O) groups is 1. The van der Waals surface area contributed by atoms with Gasteiger partial charge in [-0.25, -0.2) is 0 Å². The van der Waals surface area contributed by atoms with E-state index in [1.54, 1.807) is 0 Å². The third kappa shape index (κ3) is 4.69. The summed E-state index contributed by atoms with van der Waals surface area (Å²) in [4.78, 5) is 11.2. The van der Waals surface area contributed by atoms with Crippen molar-refractivity contribution in [1.82, 2.24) is 0 Å². The molecule has 0 radical (unpaired) electrons. The second-order valence-corrected chi connectivity index (χ2v) is 5.00. The first-order valence-corrected chi connectivity index (χ1v) is 6.76. The summed E-state index contributed by atoms with van der Waals surface area (Å²) >= 11 is 0. The van der Waals surface area contributed by atoms with Gasteiger partial charge in [0.2, 0.25) is 0 Å². The van der Waals surface area contributed by atoms with Gasteiger partial charge in [0.15, 0.2) is 0 Å². The minimum atomic E-state index is -6.94. The van der Waals surface area contributed by atoms with E-state index in [-0.39, 0.29) is 19.6 Å². The Kier molecular flexibility index (Phi) is 7.17. The second kappa shape index (κ2) is 7.69. The van der Waals surface area contributed by atoms with Crippen LogP contribution in [-0.2, 0) is 9.53 Å². The Morgan fingerprint density at radius 2 is 1.48 bits per heavy atom. The minimum absolute atomic E-state index is 0.0166. The van der Waals surface area contributed by atoms with Crippen LogP contribution in [0, 0.1) is 5.92 Å². The van der Waals surface area contributed by atoms with Crippen molar-refractivity contribution >= 4 is 5.97 Å². The van der Waals surface area contributed by atoms with Gasteiger partial charge in [-0.15, -0.1) is 0 Å². The number of rotatable bonds is 7. The van der Waals surface area contributed by atoms with Crippen LogP contribution in [0.5, 0.6) is 0 Å². The van der Waals surface area contributed by atoms with Crippen LogP contribution in [0.25, 0.3) is 0 Å². The maximum Gasteiger partial charge on any atom is 0.460 e. The van der Waals surface area contributed by atoms with E-state index >= 15 is 0 Å². The van der Waals surface area contributed by atoms with Crippen molar-refractivity contribution in [2.75, 3.05) is 6.61 Å². The molecule has 0 aliphatic rings. The maximum absolute atomic E-state index is 13.5. The van der Waals surface area contributed by atoms with Gasteiger partial charge in [-0.2, -0.15) is 39.5 Å². The first-order valence-electron chi connectivity index (χ1n) is 6.76. The van der Waals surface area contributed by atoms with Gasteiger partial charge in [0.05, 0.1) is 12.5 Å². The number of hydrogen-bond donors (Lipinski definition) is 0. The summed E-state index contributed by atoms with van der Waals surface area (Å²) < 4.78 is 119. The molecule has 0 N–H and O–H groups in total. The SMILES string of the molecule is CCOC(=O)C(C)/C=C\C=C(/C)C(F)(F)C(F)(F)C(F)(F)C(F)(F)F. The lowest BCUT2D eigenvalue weighted by Gasteiger charge is -2.34. The average Bonchev–Trinajstić information content (AvgIpc) is 2.45. The molecule has 1 unspecified atom stereocenters. The zero-order valence-corrected chi connectivity index (χ0v) is 13.2. The first kappa shape index (κ1) is 23.3. The number of hydrogen-bond acceptors (Lipinski definition) is 2. The minimum Gasteiger partial charge on any atom is -0.466 e. The molecular weight excluding hydrogens is 371 g/mol. The molecule has 2 nitrogen and oxygen atoms in total. The summed E-state index contributed by atoms with van der Waals surface area (Å²) in [6.45, 7) is 3.03. The van der Waals surface area contributed by atoms with E-state index in [1.165, 1.54) is 13.8 Å². The van der Waals surface area contributed by atoms with Gasteiger partial charge in [0.25, 0.3) is 0 Å². The second-order valence-electron chi connectivity index (χ2n) is 5.00. The van der Waals surface area contributed by atoms with Gasteiger partial charge in [0, 0.05) is 5.57 Å². The standard InChI is InChI=1S/C14H15F9O2/c1-4-25-10(24)8(2)6-5-7-9(3)11(15,16)12(17,18)13(19,20)14(21,22)23/h5-8H,4H2,1-3H3/b6-5-,9-7+. The van der Waals surface area contributed by atoms with E-state index in [0.717, 1.165) is 6.08 Å². The number of ether oxygens (including phenoxy) is 1. The third-order valence-corrected chi connectivity index (χ3v) is 3.04. The van der Waals surface area contributed by atoms with Crippen molar-refractivity contribution in [2.24, 2.45) is 5.92 Å². The summed E-state index contributed by atoms with van der Waals surface area (Å²) in [5.41, 5.74) is -1.74. The van der Waals surface area contributed by atoms with Crippen LogP contribution < -0.4 is 0 Å². The van der Waals surface area contributed by atoms with Crippen LogP contribution in [0.3, 0.4) is 0 Å². The van der Waals surface area contributed by atoms with E-state index in [1.807, 2.05) is 0 Å². The van der Waals surface area contributed by atoms with Gasteiger partial charge in [-0.05, 0) is 20.8 Å². The molecule has 0 heterocycles. The van der Waals surface area contributed by atoms with Gasteiger partial charge in [-0.3, -0.25) is 4.79 Å². The Bertz CT molecular complexity index is 533. The predicted molar refractivity (Wildman–Crippen MR) is 69.6 cm³/mol. The maximum atomic E-state index is 13.5. The quantitative estimate of drug-likeness (QED) is 0.343. The van der Waals surface area contributed by atoms with Crippen LogP contribution in [0.1, 0.15) is 20.8 Å². The molecule has 0 aromatic carbocycles. The third-order valence-electron chi connectivity index (χ3n) is 3.04. The molecule has 0 spiro atoms. The molecule has 0 rings (SSSR count). The van der Waals surface area contributed by atoms with Crippen molar-refractivity contribution in [3.63, 3.8) is 0 Å². The normalized spacial score (nSPS) is 16.2. The van der Waals surface area contributed by atoms with Gasteiger partial charge in [0.1, 0.15) is 0 Å². The molecule has 0 fully saturated rings. The molecule has 0 aromatic rings. The molecule has 0 aromatic heterocycles. The summed E-state index contributed by atoms with van der Waals surface area (Å²) in [5.74, 6) is -21.2. The van der Waals surface area contributed by atoms with Crippen LogP contribution in [0.4, 0.5) is 39.5 Å². The number of halogens is 9. The Hall–Kier alpha value is -1.68. The fourth-order valence-corrected chi connectivity index (χ4v) is 1.45. The van der Waals surface area contributed by atoms with E-state index < -0.39 is 41.4 Å². The lowest BCUT2D eigenvalue weighted by atomic mass is 9.97. The van der Waals surface area contributed by atoms with E-state index in [2.05, 4.69) is 4.74 Å². The molecule has 0 bridgehead atoms. The zero-order chi connectivity index (χ0) is 20.3. The van der Waals surface area contributed by atoms with Gasteiger partial charge < -0.3 is 4.74 Å². The van der Waals surface area contributed by atoms with Crippen LogP contribution in [0.15, 0.2) is 23.8 Å². The Morgan fingerprint density at radius 1 is 1.00 bits per heavy atom. The molecule has 0 amide bonds. The Labute approximate surface area is 137 Å². The van der Waals surface area contributed by atoms with Gasteiger partial charge >= 0.3 is 29.9 Å². The highest BCUT2D eigenvalue weighted by molar-refractivity contribution is 5.74. The van der Waals surface area contributed by atoms with Crippen molar-refractivity contribution in [3.8, 4) is 0 Å². The highest BCUT2D eigenvalue weighted by Crippen LogP contribution is 2.54. The fourth-order valence-electron chi connectivity index (χ4n) is 1.45. The average molecular weight is 386 g/mol. The zero-order valence-electron chi connectivity index (χ0n) is 13.2. The number of allylic oxidation sites excluding steroid dienone is 3. The molecule has 25 heavy (non-hydrogen) atoms. The number of alkyl halides is 9. The summed E-state index contributed by atoms with van der Waals surface area (Å²) in [6, 6.07) is 0. The molecule has 0 aliphatic carbocycles. The Morgan fingerprint density at radius 3 is 1.88 bits per heavy atom. The van der Waals surface area contributed by atoms with Crippen molar-refractivity contribution in [2.45, 2.75) is 44.7 Å². The van der Waals surface area contributed by atoms with Crippen molar-refractivity contribution in [3.05, 3.63) is 23.8 Å². The van der Waals surface area contributed by atoms with Crippen molar-refractivity contribution < 1.29 is 49.0 Å². The predicted octanol–water partition coefficient (Wildman–Crippen LogP) is 5.16. The summed E-state index contributed by atoms with van der Waals surface area (Å²) in [6.07, 6.45) is -5.06. The van der Waals surface area contributed by atoms with E-state index in [9.17, 15) is 44.3 Å². The molecular formula is C14H15F9O2. The monoisotopic (exact) mass is 386 g/mol. The topological polar surface area (TPSA) is 26.3 Å². The molecule has 0 saturated carbocycles. The molecule has 11 heteroatoms. The smallest absolute Gasteiger partial charge is 0.460 e. The highest BCUT2D eigenvalue weighted by Gasteiger charge is 2.81. The number of carbonyl (C=O) groups excluding carboxylic acids is 1. The summed E-state index contributed by atoms with van der Waals surface area (Å²) in [5, 5.41) is 0. The van der Waals surface area contributed by atoms with Crippen LogP contribution in [-0.4, -0.2) is 36.5 Å². The van der Waals surface area contributed by atoms with Crippen molar-refractivity contribution in [1.29, 1.82) is 0 Å². The van der Waals surface area contributed by atoms with Crippen LogP contribution in [0.2, 0.25) is 0 Å². The molecule has 0 aliphatic heterocycles. The van der Waals surface area contributed by atoms with E-state index in [0.29, 0.717) is 6.08 Å². The van der Waals surface area contributed by atoms with Gasteiger partial charge in [-0.1, -0.05) is 18.2 Å². The largest absolute Gasteiger partial charge is 0.466 e. The summed E-state index contributed by atoms with van der Waals surface area (Å²) in [7, 11) is 0. The number of esters is 1. The molecule has 1 atom stereocenters. The molecule has 146 valence electrons. The van der Waals surface area contributed by atoms with Crippen LogP contribution >= 0.6 is 0 Å². The molecule has 0 saturated heterocycles.